The molecule has 0 aliphatic carbocycles. The highest BCUT2D eigenvalue weighted by Crippen LogP contribution is 2.01. The van der Waals surface area contributed by atoms with Crippen LogP contribution in [-0.4, -0.2) is 66.7 Å². The average molecular weight is 311 g/mol. The Morgan fingerprint density at radius 1 is 1.09 bits per heavy atom. The monoisotopic (exact) mass is 311 g/mol. The van der Waals surface area contributed by atoms with Crippen LogP contribution in [0.15, 0.2) is 30.3 Å². The lowest BCUT2D eigenvalue weighted by atomic mass is 10.2. The summed E-state index contributed by atoms with van der Waals surface area (Å²) in [4.78, 5) is 20.5. The van der Waals surface area contributed by atoms with Crippen molar-refractivity contribution < 1.29 is 29.3 Å². The number of nitrogens with zero attached hydrogens (tertiary/aromatic N) is 1. The molecule has 7 nitrogen and oxygen atoms in total. The molecule has 122 valence electrons. The van der Waals surface area contributed by atoms with Gasteiger partial charge in [0.15, 0.2) is 0 Å². The Bertz CT molecular complexity index is 433. The molecule has 1 aromatic rings. The summed E-state index contributed by atoms with van der Waals surface area (Å²) in [6.07, 6.45) is 0.991. The van der Waals surface area contributed by atoms with E-state index >= 15 is 0 Å². The van der Waals surface area contributed by atoms with Crippen molar-refractivity contribution in [2.75, 3.05) is 39.6 Å². The summed E-state index contributed by atoms with van der Waals surface area (Å²) in [7, 11) is 0. The highest BCUT2D eigenvalue weighted by atomic mass is 16.5. The minimum atomic E-state index is -1.82. The lowest BCUT2D eigenvalue weighted by Crippen LogP contribution is -2.37. The number of aliphatic carboxylic acids is 2. The molecule has 7 heteroatoms. The molecule has 0 atom stereocenters. The summed E-state index contributed by atoms with van der Waals surface area (Å²) >= 11 is 0. The third kappa shape index (κ3) is 8.35. The largest absolute Gasteiger partial charge is 0.473 e. The van der Waals surface area contributed by atoms with Crippen LogP contribution in [0.3, 0.4) is 0 Å². The second-order valence-corrected chi connectivity index (χ2v) is 4.61. The third-order valence-electron chi connectivity index (χ3n) is 2.94. The number of hydrogen-bond donors (Lipinski definition) is 2. The molecule has 0 aromatic heterocycles. The van der Waals surface area contributed by atoms with Crippen LogP contribution in [0.2, 0.25) is 0 Å². The van der Waals surface area contributed by atoms with Crippen LogP contribution >= 0.6 is 0 Å². The first kappa shape index (κ1) is 18.1. The molecular weight excluding hydrogens is 290 g/mol. The van der Waals surface area contributed by atoms with Gasteiger partial charge in [-0.25, -0.2) is 9.59 Å². The zero-order chi connectivity index (χ0) is 16.2. The average Bonchev–Trinajstić information content (AvgIpc) is 2.54. The zero-order valence-corrected chi connectivity index (χ0v) is 12.3. The Hall–Kier alpha value is -1.96. The van der Waals surface area contributed by atoms with Gasteiger partial charge in [-0.1, -0.05) is 30.3 Å². The predicted molar refractivity (Wildman–Crippen MR) is 78.6 cm³/mol. The summed E-state index contributed by atoms with van der Waals surface area (Å²) in [5, 5.41) is 14.8. The summed E-state index contributed by atoms with van der Waals surface area (Å²) in [5.41, 5.74) is 1.34. The molecule has 1 fully saturated rings. The minimum Gasteiger partial charge on any atom is -0.473 e. The molecule has 1 aliphatic heterocycles. The van der Waals surface area contributed by atoms with E-state index in [2.05, 4.69) is 29.2 Å². The van der Waals surface area contributed by atoms with E-state index in [4.69, 9.17) is 29.3 Å². The van der Waals surface area contributed by atoms with Crippen LogP contribution in [-0.2, 0) is 25.5 Å². The van der Waals surface area contributed by atoms with Gasteiger partial charge in [-0.2, -0.15) is 0 Å². The SMILES string of the molecule is O=C(O)C(=O)O.c1ccc(CCOCN2CCOCC2)cc1. The van der Waals surface area contributed by atoms with Crippen LogP contribution < -0.4 is 0 Å². The maximum atomic E-state index is 9.10. The lowest BCUT2D eigenvalue weighted by molar-refractivity contribution is -0.159. The first-order chi connectivity index (χ1) is 10.6. The quantitative estimate of drug-likeness (QED) is 0.610. The van der Waals surface area contributed by atoms with Crippen molar-refractivity contribution in [3.05, 3.63) is 35.9 Å². The molecule has 0 radical (unpaired) electrons. The topological polar surface area (TPSA) is 96.3 Å². The van der Waals surface area contributed by atoms with E-state index in [-0.39, 0.29) is 0 Å². The van der Waals surface area contributed by atoms with Crippen molar-refractivity contribution >= 4 is 11.9 Å². The second-order valence-electron chi connectivity index (χ2n) is 4.61. The normalized spacial score (nSPS) is 14.7. The summed E-state index contributed by atoms with van der Waals surface area (Å²) < 4.78 is 10.9. The van der Waals surface area contributed by atoms with Crippen molar-refractivity contribution in [1.29, 1.82) is 0 Å². The summed E-state index contributed by atoms with van der Waals surface area (Å²) in [6.45, 7) is 5.18. The fourth-order valence-corrected chi connectivity index (χ4v) is 1.76. The number of benzene rings is 1. The number of carboxylic acids is 2. The molecule has 0 bridgehead atoms. The molecule has 0 saturated carbocycles. The fourth-order valence-electron chi connectivity index (χ4n) is 1.76. The first-order valence-corrected chi connectivity index (χ1v) is 6.97. The number of hydrogen-bond acceptors (Lipinski definition) is 5. The molecule has 2 N–H and O–H groups in total. The van der Waals surface area contributed by atoms with Gasteiger partial charge in [-0.15, -0.1) is 0 Å². The standard InChI is InChI=1S/C13H19NO2.C2H2O4/c1-2-4-13(5-3-1)6-9-16-12-14-7-10-15-11-8-14;3-1(4)2(5)6/h1-5H,6-12H2;(H,3,4)(H,5,6). The Kier molecular flexibility index (Phi) is 8.82. The van der Waals surface area contributed by atoms with E-state index in [9.17, 15) is 0 Å². The van der Waals surface area contributed by atoms with Gasteiger partial charge in [0.2, 0.25) is 0 Å². The predicted octanol–water partition coefficient (Wildman–Crippen LogP) is 0.691. The van der Waals surface area contributed by atoms with E-state index in [1.807, 2.05) is 6.07 Å². The van der Waals surface area contributed by atoms with Gasteiger partial charge >= 0.3 is 11.9 Å². The molecule has 1 heterocycles. The van der Waals surface area contributed by atoms with Crippen molar-refractivity contribution in [3.8, 4) is 0 Å². The second kappa shape index (κ2) is 10.7. The number of ether oxygens (including phenoxy) is 2. The first-order valence-electron chi connectivity index (χ1n) is 6.97. The third-order valence-corrected chi connectivity index (χ3v) is 2.94. The molecule has 2 rings (SSSR count). The molecule has 1 aliphatic rings. The molecule has 0 spiro atoms. The Labute approximate surface area is 129 Å². The van der Waals surface area contributed by atoms with Crippen LogP contribution in [0, 0.1) is 0 Å². The fraction of sp³-hybridized carbons (Fsp3) is 0.467. The smallest absolute Gasteiger partial charge is 0.414 e. The van der Waals surface area contributed by atoms with Gasteiger partial charge in [0.1, 0.15) is 0 Å². The highest BCUT2D eigenvalue weighted by molar-refractivity contribution is 6.27. The van der Waals surface area contributed by atoms with Crippen LogP contribution in [0.1, 0.15) is 5.56 Å². The van der Waals surface area contributed by atoms with Crippen LogP contribution in [0.25, 0.3) is 0 Å². The zero-order valence-electron chi connectivity index (χ0n) is 12.3. The van der Waals surface area contributed by atoms with Crippen LogP contribution in [0.4, 0.5) is 0 Å². The van der Waals surface area contributed by atoms with Crippen molar-refractivity contribution in [2.45, 2.75) is 6.42 Å². The van der Waals surface area contributed by atoms with E-state index < -0.39 is 11.9 Å². The molecular formula is C15H21NO6. The maximum absolute atomic E-state index is 9.10. The molecule has 22 heavy (non-hydrogen) atoms. The Morgan fingerprint density at radius 3 is 2.23 bits per heavy atom. The maximum Gasteiger partial charge on any atom is 0.414 e. The van der Waals surface area contributed by atoms with Gasteiger partial charge in [0.05, 0.1) is 26.6 Å². The van der Waals surface area contributed by atoms with Crippen molar-refractivity contribution in [3.63, 3.8) is 0 Å². The van der Waals surface area contributed by atoms with E-state index in [1.54, 1.807) is 0 Å². The van der Waals surface area contributed by atoms with Gasteiger partial charge in [-0.3, -0.25) is 4.90 Å². The summed E-state index contributed by atoms with van der Waals surface area (Å²) in [6, 6.07) is 10.4. The molecule has 0 unspecified atom stereocenters. The van der Waals surface area contributed by atoms with E-state index in [0.29, 0.717) is 0 Å². The molecule has 1 saturated heterocycles. The Morgan fingerprint density at radius 2 is 1.68 bits per heavy atom. The number of carbonyl (C=O) groups is 2. The van der Waals surface area contributed by atoms with Crippen LogP contribution in [0.5, 0.6) is 0 Å². The van der Waals surface area contributed by atoms with Gasteiger partial charge in [-0.05, 0) is 12.0 Å². The minimum absolute atomic E-state index is 0.732. The highest BCUT2D eigenvalue weighted by Gasteiger charge is 2.09. The molecule has 1 aromatic carbocycles. The number of morpholine rings is 1. The number of rotatable bonds is 5. The van der Waals surface area contributed by atoms with E-state index in [0.717, 1.165) is 46.1 Å². The summed E-state index contributed by atoms with van der Waals surface area (Å²) in [5.74, 6) is -3.65. The van der Waals surface area contributed by atoms with Gasteiger partial charge < -0.3 is 19.7 Å². The Balaban J connectivity index is 0.000000346. The van der Waals surface area contributed by atoms with Crippen molar-refractivity contribution in [2.24, 2.45) is 0 Å². The van der Waals surface area contributed by atoms with E-state index in [1.165, 1.54) is 5.56 Å². The molecule has 0 amide bonds. The lowest BCUT2D eigenvalue weighted by Gasteiger charge is -2.26. The van der Waals surface area contributed by atoms with Gasteiger partial charge in [0.25, 0.3) is 0 Å². The van der Waals surface area contributed by atoms with Gasteiger partial charge in [0, 0.05) is 13.1 Å². The van der Waals surface area contributed by atoms with Crippen molar-refractivity contribution in [1.82, 2.24) is 4.90 Å². The number of carboxylic acid groups (broad SMARTS) is 2.